The summed E-state index contributed by atoms with van der Waals surface area (Å²) in [5.74, 6) is 0.195. The Labute approximate surface area is 84.1 Å². The molecule has 0 aromatic heterocycles. The van der Waals surface area contributed by atoms with Crippen molar-refractivity contribution in [3.8, 4) is 6.07 Å². The zero-order valence-electron chi connectivity index (χ0n) is 7.90. The van der Waals surface area contributed by atoms with E-state index in [2.05, 4.69) is 4.72 Å². The minimum atomic E-state index is -3.41. The van der Waals surface area contributed by atoms with Crippen LogP contribution in [0.25, 0.3) is 0 Å². The molecule has 14 heavy (non-hydrogen) atoms. The zero-order chi connectivity index (χ0) is 10.4. The molecule has 0 aromatic carbocycles. The molecule has 1 N–H and O–H groups in total. The highest BCUT2D eigenvalue weighted by molar-refractivity contribution is 7.89. The third-order valence-corrected chi connectivity index (χ3v) is 3.03. The third kappa shape index (κ3) is 5.17. The molecule has 6 heteroatoms. The van der Waals surface area contributed by atoms with Gasteiger partial charge in [0.2, 0.25) is 10.0 Å². The third-order valence-electron chi connectivity index (χ3n) is 1.87. The summed E-state index contributed by atoms with van der Waals surface area (Å²) in [5.41, 5.74) is 0. The molecular formula is C8H14N2O3S. The number of rotatable bonds is 7. The van der Waals surface area contributed by atoms with Gasteiger partial charge in [0.05, 0.1) is 12.7 Å². The van der Waals surface area contributed by atoms with Gasteiger partial charge >= 0.3 is 0 Å². The quantitative estimate of drug-likeness (QED) is 0.603. The van der Waals surface area contributed by atoms with Gasteiger partial charge in [-0.1, -0.05) is 0 Å². The Morgan fingerprint density at radius 1 is 1.50 bits per heavy atom. The zero-order valence-corrected chi connectivity index (χ0v) is 8.72. The van der Waals surface area contributed by atoms with Crippen LogP contribution < -0.4 is 4.72 Å². The van der Waals surface area contributed by atoms with E-state index in [9.17, 15) is 8.42 Å². The van der Waals surface area contributed by atoms with Gasteiger partial charge in [-0.2, -0.15) is 5.26 Å². The van der Waals surface area contributed by atoms with Gasteiger partial charge in [-0.15, -0.1) is 0 Å². The fourth-order valence-corrected chi connectivity index (χ4v) is 1.61. The summed E-state index contributed by atoms with van der Waals surface area (Å²) in [7, 11) is -3.41. The van der Waals surface area contributed by atoms with Crippen molar-refractivity contribution < 1.29 is 13.2 Å². The molecule has 0 bridgehead atoms. The highest BCUT2D eigenvalue weighted by atomic mass is 32.2. The summed E-state index contributed by atoms with van der Waals surface area (Å²) in [6, 6.07) is 1.59. The Balaban J connectivity index is 1.99. The number of nitrogens with one attached hydrogen (secondary N) is 1. The minimum Gasteiger partial charge on any atom is -0.380 e. The van der Waals surface area contributed by atoms with E-state index in [-0.39, 0.29) is 6.54 Å². The van der Waals surface area contributed by atoms with Crippen LogP contribution in [0.15, 0.2) is 0 Å². The van der Waals surface area contributed by atoms with Gasteiger partial charge in [0.1, 0.15) is 0 Å². The predicted molar refractivity (Wildman–Crippen MR) is 50.9 cm³/mol. The lowest BCUT2D eigenvalue weighted by Crippen LogP contribution is -2.29. The standard InChI is InChI=1S/C8H14N2O3S/c9-3-6-14(11,12)10-4-5-13-7-8-1-2-8/h8,10H,1-2,4-7H2. The lowest BCUT2D eigenvalue weighted by molar-refractivity contribution is 0.129. The van der Waals surface area contributed by atoms with Crippen molar-refractivity contribution in [2.45, 2.75) is 12.8 Å². The lowest BCUT2D eigenvalue weighted by Gasteiger charge is -2.04. The van der Waals surface area contributed by atoms with Gasteiger partial charge in [0, 0.05) is 13.2 Å². The second-order valence-electron chi connectivity index (χ2n) is 3.33. The molecule has 1 saturated carbocycles. The molecule has 0 radical (unpaired) electrons. The van der Waals surface area contributed by atoms with Crippen molar-refractivity contribution in [2.24, 2.45) is 5.92 Å². The summed E-state index contributed by atoms with van der Waals surface area (Å²) in [4.78, 5) is 0. The molecule has 1 rings (SSSR count). The van der Waals surface area contributed by atoms with Crippen LogP contribution in [0, 0.1) is 17.2 Å². The molecular weight excluding hydrogens is 204 g/mol. The smallest absolute Gasteiger partial charge is 0.225 e. The van der Waals surface area contributed by atoms with Crippen LogP contribution in [0.2, 0.25) is 0 Å². The van der Waals surface area contributed by atoms with Crippen molar-refractivity contribution >= 4 is 10.0 Å². The molecule has 5 nitrogen and oxygen atoms in total. The van der Waals surface area contributed by atoms with Crippen LogP contribution in [-0.2, 0) is 14.8 Å². The second-order valence-corrected chi connectivity index (χ2v) is 5.14. The maximum atomic E-state index is 11.0. The van der Waals surface area contributed by atoms with Crippen molar-refractivity contribution in [3.05, 3.63) is 0 Å². The number of sulfonamides is 1. The molecule has 0 amide bonds. The molecule has 0 heterocycles. The average Bonchev–Trinajstić information content (AvgIpc) is 2.87. The van der Waals surface area contributed by atoms with Gasteiger partial charge in [-0.25, -0.2) is 13.1 Å². The summed E-state index contributed by atoms with van der Waals surface area (Å²) in [5, 5.41) is 8.19. The lowest BCUT2D eigenvalue weighted by atomic mass is 10.5. The summed E-state index contributed by atoms with van der Waals surface area (Å²) in [6.07, 6.45) is 2.44. The van der Waals surface area contributed by atoms with E-state index < -0.39 is 15.8 Å². The van der Waals surface area contributed by atoms with Crippen LogP contribution in [0.4, 0.5) is 0 Å². The van der Waals surface area contributed by atoms with Gasteiger partial charge in [0.25, 0.3) is 0 Å². The molecule has 0 saturated heterocycles. The van der Waals surface area contributed by atoms with Gasteiger partial charge in [0.15, 0.2) is 5.75 Å². The van der Waals surface area contributed by atoms with Gasteiger partial charge in [-0.05, 0) is 18.8 Å². The first-order chi connectivity index (χ1) is 6.64. The maximum absolute atomic E-state index is 11.0. The molecule has 80 valence electrons. The molecule has 0 spiro atoms. The highest BCUT2D eigenvalue weighted by Crippen LogP contribution is 2.28. The second kappa shape index (κ2) is 5.29. The molecule has 0 atom stereocenters. The number of hydrogen-bond acceptors (Lipinski definition) is 4. The van der Waals surface area contributed by atoms with Crippen LogP contribution in [0.1, 0.15) is 12.8 Å². The van der Waals surface area contributed by atoms with Crippen molar-refractivity contribution in [3.63, 3.8) is 0 Å². The van der Waals surface area contributed by atoms with Gasteiger partial charge < -0.3 is 4.74 Å². The molecule has 0 aliphatic heterocycles. The Morgan fingerprint density at radius 2 is 2.21 bits per heavy atom. The van der Waals surface area contributed by atoms with Crippen molar-refractivity contribution in [1.29, 1.82) is 5.26 Å². The van der Waals surface area contributed by atoms with Crippen LogP contribution in [-0.4, -0.2) is 33.9 Å². The van der Waals surface area contributed by atoms with E-state index in [0.717, 1.165) is 6.61 Å². The highest BCUT2D eigenvalue weighted by Gasteiger charge is 2.20. The Bertz CT molecular complexity index is 303. The monoisotopic (exact) mass is 218 g/mol. The van der Waals surface area contributed by atoms with E-state index in [1.54, 1.807) is 6.07 Å². The van der Waals surface area contributed by atoms with Crippen LogP contribution in [0.5, 0.6) is 0 Å². The number of nitriles is 1. The van der Waals surface area contributed by atoms with E-state index in [1.165, 1.54) is 12.8 Å². The van der Waals surface area contributed by atoms with Crippen molar-refractivity contribution in [2.75, 3.05) is 25.5 Å². The van der Waals surface area contributed by atoms with Crippen molar-refractivity contribution in [1.82, 2.24) is 4.72 Å². The van der Waals surface area contributed by atoms with E-state index in [1.807, 2.05) is 0 Å². The van der Waals surface area contributed by atoms with Gasteiger partial charge in [-0.3, -0.25) is 0 Å². The van der Waals surface area contributed by atoms with E-state index >= 15 is 0 Å². The Kier molecular flexibility index (Phi) is 4.32. The molecule has 1 fully saturated rings. The molecule has 1 aliphatic rings. The predicted octanol–water partition coefficient (Wildman–Crippen LogP) is -0.144. The van der Waals surface area contributed by atoms with E-state index in [4.69, 9.17) is 10.00 Å². The number of hydrogen-bond donors (Lipinski definition) is 1. The summed E-state index contributed by atoms with van der Waals surface area (Å²) in [6.45, 7) is 1.35. The Morgan fingerprint density at radius 3 is 2.79 bits per heavy atom. The normalized spacial score (nSPS) is 16.5. The summed E-state index contributed by atoms with van der Waals surface area (Å²) < 4.78 is 29.4. The average molecular weight is 218 g/mol. The fourth-order valence-electron chi connectivity index (χ4n) is 0.940. The minimum absolute atomic E-state index is 0.247. The van der Waals surface area contributed by atoms with Crippen LogP contribution >= 0.6 is 0 Å². The molecule has 0 unspecified atom stereocenters. The maximum Gasteiger partial charge on any atom is 0.225 e. The first-order valence-electron chi connectivity index (χ1n) is 4.56. The Hall–Kier alpha value is -0.640. The molecule has 0 aromatic rings. The summed E-state index contributed by atoms with van der Waals surface area (Å²) >= 11 is 0. The SMILES string of the molecule is N#CCS(=O)(=O)NCCOCC1CC1. The first kappa shape index (κ1) is 11.4. The number of nitrogens with zero attached hydrogens (tertiary/aromatic N) is 1. The molecule has 1 aliphatic carbocycles. The topological polar surface area (TPSA) is 79.2 Å². The van der Waals surface area contributed by atoms with E-state index in [0.29, 0.717) is 12.5 Å². The van der Waals surface area contributed by atoms with Crippen LogP contribution in [0.3, 0.4) is 0 Å². The number of ether oxygens (including phenoxy) is 1. The fraction of sp³-hybridized carbons (Fsp3) is 0.875. The first-order valence-corrected chi connectivity index (χ1v) is 6.21. The largest absolute Gasteiger partial charge is 0.380 e.